The van der Waals surface area contributed by atoms with Gasteiger partial charge in [0.2, 0.25) is 5.82 Å². The van der Waals surface area contributed by atoms with Gasteiger partial charge in [-0.15, -0.1) is 0 Å². The summed E-state index contributed by atoms with van der Waals surface area (Å²) in [5, 5.41) is 13.8. The smallest absolute Gasteiger partial charge is 0.306 e. The van der Waals surface area contributed by atoms with Gasteiger partial charge in [0, 0.05) is 18.5 Å². The third kappa shape index (κ3) is 7.50. The van der Waals surface area contributed by atoms with Crippen molar-refractivity contribution in [1.29, 1.82) is 0 Å². The molecular formula is C27H35F2NO4. The minimum Gasteiger partial charge on any atom is -0.488 e. The van der Waals surface area contributed by atoms with Gasteiger partial charge in [-0.1, -0.05) is 24.3 Å². The topological polar surface area (TPSA) is 67.8 Å². The number of aliphatic hydroxyl groups excluding tert-OH is 1. The van der Waals surface area contributed by atoms with Crippen molar-refractivity contribution in [3.05, 3.63) is 64.7 Å². The Hall–Kier alpha value is -2.51. The summed E-state index contributed by atoms with van der Waals surface area (Å²) >= 11 is 0. The van der Waals surface area contributed by atoms with Crippen LogP contribution in [0.4, 0.5) is 8.78 Å². The van der Waals surface area contributed by atoms with Gasteiger partial charge >= 0.3 is 5.97 Å². The number of hydrogen-bond donors (Lipinski definition) is 2. The highest BCUT2D eigenvalue weighted by atomic mass is 19.2. The first-order valence-electron chi connectivity index (χ1n) is 11.9. The summed E-state index contributed by atoms with van der Waals surface area (Å²) in [6, 6.07) is 10.9. The van der Waals surface area contributed by atoms with E-state index in [9.17, 15) is 18.7 Å². The molecule has 0 aliphatic heterocycles. The maximum Gasteiger partial charge on any atom is 0.306 e. The van der Waals surface area contributed by atoms with Crippen LogP contribution in [0.1, 0.15) is 50.3 Å². The largest absolute Gasteiger partial charge is 0.488 e. The number of benzene rings is 2. The van der Waals surface area contributed by atoms with Gasteiger partial charge in [0.25, 0.3) is 0 Å². The van der Waals surface area contributed by atoms with E-state index in [1.807, 2.05) is 0 Å². The van der Waals surface area contributed by atoms with Crippen LogP contribution in [0.5, 0.6) is 5.75 Å². The van der Waals surface area contributed by atoms with E-state index in [2.05, 4.69) is 43.4 Å². The minimum atomic E-state index is -1.11. The monoisotopic (exact) mass is 475 g/mol. The van der Waals surface area contributed by atoms with E-state index >= 15 is 0 Å². The van der Waals surface area contributed by atoms with Crippen LogP contribution in [0.3, 0.4) is 0 Å². The highest BCUT2D eigenvalue weighted by molar-refractivity contribution is 5.69. The van der Waals surface area contributed by atoms with Crippen molar-refractivity contribution in [2.45, 2.75) is 64.5 Å². The van der Waals surface area contributed by atoms with E-state index in [0.717, 1.165) is 25.3 Å². The molecule has 1 aliphatic carbocycles. The zero-order chi connectivity index (χ0) is 24.7. The van der Waals surface area contributed by atoms with Gasteiger partial charge in [-0.3, -0.25) is 4.79 Å². The second-order valence-corrected chi connectivity index (χ2v) is 9.67. The van der Waals surface area contributed by atoms with Gasteiger partial charge in [-0.2, -0.15) is 4.39 Å². The maximum atomic E-state index is 14.2. The number of halogens is 2. The molecule has 2 N–H and O–H groups in total. The number of carbonyl (C=O) groups excluding carboxylic acids is 1. The molecule has 0 saturated heterocycles. The highest BCUT2D eigenvalue weighted by Gasteiger charge is 2.28. The molecule has 0 fully saturated rings. The zero-order valence-electron chi connectivity index (χ0n) is 20.2. The number of rotatable bonds is 12. The normalized spacial score (nSPS) is 14.6. The molecule has 34 heavy (non-hydrogen) atoms. The molecule has 0 radical (unpaired) electrons. The molecular weight excluding hydrogens is 440 g/mol. The Labute approximate surface area is 200 Å². The SMILES string of the molecule is CCOC(=O)CCc1cc(F)c(F)c(OCC(O)CNC(C)(C)CC2Cc3ccccc3C2)c1. The number of esters is 1. The molecule has 2 aromatic carbocycles. The first kappa shape index (κ1) is 26.1. The van der Waals surface area contributed by atoms with Crippen molar-refractivity contribution in [3.63, 3.8) is 0 Å². The predicted molar refractivity (Wildman–Crippen MR) is 127 cm³/mol. The van der Waals surface area contributed by atoms with E-state index in [-0.39, 0.29) is 43.9 Å². The van der Waals surface area contributed by atoms with E-state index in [0.29, 0.717) is 11.5 Å². The molecule has 1 atom stereocenters. The number of aryl methyl sites for hydroxylation is 1. The molecule has 0 spiro atoms. The molecule has 0 amide bonds. The van der Waals surface area contributed by atoms with Gasteiger partial charge in [-0.25, -0.2) is 4.39 Å². The number of ether oxygens (including phenoxy) is 2. The van der Waals surface area contributed by atoms with E-state index in [1.54, 1.807) is 6.92 Å². The van der Waals surface area contributed by atoms with E-state index in [1.165, 1.54) is 17.2 Å². The molecule has 0 saturated carbocycles. The van der Waals surface area contributed by atoms with Crippen molar-refractivity contribution < 1.29 is 28.2 Å². The van der Waals surface area contributed by atoms with Gasteiger partial charge in [0.05, 0.1) is 6.61 Å². The predicted octanol–water partition coefficient (Wildman–Crippen LogP) is 4.37. The summed E-state index contributed by atoms with van der Waals surface area (Å²) in [7, 11) is 0. The van der Waals surface area contributed by atoms with E-state index in [4.69, 9.17) is 9.47 Å². The van der Waals surface area contributed by atoms with Crippen molar-refractivity contribution in [2.24, 2.45) is 5.92 Å². The average molecular weight is 476 g/mol. The lowest BCUT2D eigenvalue weighted by Crippen LogP contribution is -2.46. The fourth-order valence-corrected chi connectivity index (χ4v) is 4.57. The second-order valence-electron chi connectivity index (χ2n) is 9.67. The second kappa shape index (κ2) is 11.8. The first-order valence-corrected chi connectivity index (χ1v) is 11.9. The molecule has 186 valence electrons. The summed E-state index contributed by atoms with van der Waals surface area (Å²) < 4.78 is 38.4. The molecule has 3 rings (SSSR count). The van der Waals surface area contributed by atoms with Gasteiger partial charge in [0.1, 0.15) is 12.7 Å². The van der Waals surface area contributed by atoms with Crippen LogP contribution in [0, 0.1) is 17.6 Å². The van der Waals surface area contributed by atoms with Crippen LogP contribution in [-0.4, -0.2) is 42.5 Å². The number of hydrogen-bond acceptors (Lipinski definition) is 5. The Morgan fingerprint density at radius 2 is 1.88 bits per heavy atom. The quantitative estimate of drug-likeness (QED) is 0.446. The van der Waals surface area contributed by atoms with Crippen molar-refractivity contribution in [1.82, 2.24) is 5.32 Å². The summed E-state index contributed by atoms with van der Waals surface area (Å²) in [6.07, 6.45) is 2.44. The van der Waals surface area contributed by atoms with Crippen LogP contribution in [0.15, 0.2) is 36.4 Å². The number of fused-ring (bicyclic) bond motifs is 1. The molecule has 1 unspecified atom stereocenters. The van der Waals surface area contributed by atoms with Gasteiger partial charge in [0.15, 0.2) is 11.6 Å². The minimum absolute atomic E-state index is 0.0616. The fourth-order valence-electron chi connectivity index (χ4n) is 4.57. The number of carbonyl (C=O) groups is 1. The molecule has 5 nitrogen and oxygen atoms in total. The molecule has 0 aromatic heterocycles. The van der Waals surface area contributed by atoms with Crippen molar-refractivity contribution in [2.75, 3.05) is 19.8 Å². The Morgan fingerprint density at radius 1 is 1.21 bits per heavy atom. The Kier molecular flexibility index (Phi) is 9.03. The van der Waals surface area contributed by atoms with Gasteiger partial charge < -0.3 is 19.9 Å². The number of nitrogens with one attached hydrogen (secondary N) is 1. The summed E-state index contributed by atoms with van der Waals surface area (Å²) in [4.78, 5) is 11.5. The molecule has 1 aliphatic rings. The lowest BCUT2D eigenvalue weighted by molar-refractivity contribution is -0.143. The maximum absolute atomic E-state index is 14.2. The third-order valence-electron chi connectivity index (χ3n) is 6.16. The van der Waals surface area contributed by atoms with Crippen LogP contribution in [0.25, 0.3) is 0 Å². The van der Waals surface area contributed by atoms with Crippen LogP contribution >= 0.6 is 0 Å². The van der Waals surface area contributed by atoms with Crippen molar-refractivity contribution in [3.8, 4) is 5.75 Å². The Bertz CT molecular complexity index is 954. The highest BCUT2D eigenvalue weighted by Crippen LogP contribution is 2.32. The Balaban J connectivity index is 1.46. The molecule has 2 aromatic rings. The first-order chi connectivity index (χ1) is 16.2. The summed E-state index contributed by atoms with van der Waals surface area (Å²) in [6.45, 7) is 6.25. The summed E-state index contributed by atoms with van der Waals surface area (Å²) in [5.41, 5.74) is 3.05. The fraction of sp³-hybridized carbons (Fsp3) is 0.519. The summed E-state index contributed by atoms with van der Waals surface area (Å²) in [5.74, 6) is -2.30. The lowest BCUT2D eigenvalue weighted by Gasteiger charge is -2.30. The lowest BCUT2D eigenvalue weighted by atomic mass is 9.88. The Morgan fingerprint density at radius 3 is 2.53 bits per heavy atom. The van der Waals surface area contributed by atoms with Gasteiger partial charge in [-0.05, 0) is 81.2 Å². The number of β-amino-alcohol motifs (C(OH)–C–C–N with tert-alkyl or cyclic N) is 1. The molecule has 0 heterocycles. The van der Waals surface area contributed by atoms with Crippen LogP contribution in [0.2, 0.25) is 0 Å². The van der Waals surface area contributed by atoms with E-state index < -0.39 is 23.7 Å². The average Bonchev–Trinajstić information content (AvgIpc) is 3.19. The standard InChI is InChI=1S/C27H35F2NO4/c1-4-33-25(32)10-9-18-13-23(28)26(29)24(14-18)34-17-22(31)16-30-27(2,3)15-19-11-20-7-5-6-8-21(20)12-19/h5-8,13-14,19,22,30-31H,4,9-12,15-17H2,1-3H3. The van der Waals surface area contributed by atoms with Crippen molar-refractivity contribution >= 4 is 5.97 Å². The molecule has 7 heteroatoms. The number of aliphatic hydroxyl groups is 1. The third-order valence-corrected chi connectivity index (χ3v) is 6.16. The van der Waals surface area contributed by atoms with Crippen LogP contribution < -0.4 is 10.1 Å². The zero-order valence-corrected chi connectivity index (χ0v) is 20.2. The van der Waals surface area contributed by atoms with Crippen LogP contribution in [-0.2, 0) is 28.8 Å². The molecule has 0 bridgehead atoms.